The van der Waals surface area contributed by atoms with Crippen LogP contribution in [0.2, 0.25) is 0 Å². The van der Waals surface area contributed by atoms with Gasteiger partial charge in [0, 0.05) is 35.9 Å². The molecule has 1 amide bonds. The van der Waals surface area contributed by atoms with Crippen molar-refractivity contribution in [3.8, 4) is 17.9 Å². The highest BCUT2D eigenvalue weighted by Crippen LogP contribution is 2.36. The standard InChI is InChI=1S/C22H13FN4O2/c23-19-5-3-17(4-6-19)21-20(27-22(28)29-21)18-8-15(11-26-13-18)2-1-14-7-16(9-24)12-25-10-14/h3-8,10-13,20-21H,(H,27,28)/t20-,21-/m1/s1. The van der Waals surface area contributed by atoms with E-state index >= 15 is 0 Å². The number of carbonyl (C=O) groups is 1. The van der Waals surface area contributed by atoms with E-state index in [-0.39, 0.29) is 5.82 Å². The number of aromatic nitrogens is 2. The summed E-state index contributed by atoms with van der Waals surface area (Å²) >= 11 is 0. The summed E-state index contributed by atoms with van der Waals surface area (Å²) in [7, 11) is 0. The first kappa shape index (κ1) is 18.1. The number of nitrogens with one attached hydrogen (secondary N) is 1. The molecule has 2 atom stereocenters. The largest absolute Gasteiger partial charge is 0.439 e. The van der Waals surface area contributed by atoms with Crippen LogP contribution in [0.4, 0.5) is 9.18 Å². The third kappa shape index (κ3) is 4.05. The molecule has 140 valence electrons. The molecule has 0 saturated carbocycles. The average Bonchev–Trinajstić information content (AvgIpc) is 3.15. The van der Waals surface area contributed by atoms with Crippen molar-refractivity contribution in [1.29, 1.82) is 5.26 Å². The number of hydrogen-bond donors (Lipinski definition) is 1. The molecule has 1 aliphatic heterocycles. The molecule has 1 fully saturated rings. The topological polar surface area (TPSA) is 87.9 Å². The molecule has 1 saturated heterocycles. The summed E-state index contributed by atoms with van der Waals surface area (Å²) in [6.45, 7) is 0. The fourth-order valence-electron chi connectivity index (χ4n) is 3.00. The van der Waals surface area contributed by atoms with Gasteiger partial charge >= 0.3 is 6.09 Å². The molecule has 0 radical (unpaired) electrons. The summed E-state index contributed by atoms with van der Waals surface area (Å²) in [5.74, 6) is 5.57. The molecule has 2 aromatic heterocycles. The zero-order valence-electron chi connectivity index (χ0n) is 15.0. The molecule has 7 heteroatoms. The van der Waals surface area contributed by atoms with E-state index < -0.39 is 18.2 Å². The van der Waals surface area contributed by atoms with Crippen LogP contribution in [0.15, 0.2) is 61.2 Å². The fourth-order valence-corrected chi connectivity index (χ4v) is 3.00. The quantitative estimate of drug-likeness (QED) is 0.684. The second kappa shape index (κ2) is 7.79. The minimum absolute atomic E-state index is 0.364. The van der Waals surface area contributed by atoms with E-state index in [9.17, 15) is 9.18 Å². The zero-order chi connectivity index (χ0) is 20.2. The van der Waals surface area contributed by atoms with Crippen LogP contribution < -0.4 is 5.32 Å². The Kier molecular flexibility index (Phi) is 4.88. The van der Waals surface area contributed by atoms with Crippen LogP contribution >= 0.6 is 0 Å². The van der Waals surface area contributed by atoms with Crippen LogP contribution in [0.5, 0.6) is 0 Å². The molecule has 0 aliphatic carbocycles. The Balaban J connectivity index is 1.62. The lowest BCUT2D eigenvalue weighted by Gasteiger charge is -2.17. The van der Waals surface area contributed by atoms with Crippen molar-refractivity contribution in [2.75, 3.05) is 0 Å². The number of hydrogen-bond acceptors (Lipinski definition) is 5. The van der Waals surface area contributed by atoms with E-state index in [2.05, 4.69) is 27.1 Å². The number of nitrogens with zero attached hydrogens (tertiary/aromatic N) is 3. The Morgan fingerprint density at radius 3 is 2.31 bits per heavy atom. The number of halogens is 1. The highest BCUT2D eigenvalue weighted by atomic mass is 19.1. The van der Waals surface area contributed by atoms with Gasteiger partial charge in [0.15, 0.2) is 6.10 Å². The molecule has 3 aromatic rings. The van der Waals surface area contributed by atoms with Gasteiger partial charge in [0.05, 0.1) is 5.56 Å². The van der Waals surface area contributed by atoms with Crippen LogP contribution in [0.3, 0.4) is 0 Å². The predicted molar refractivity (Wildman–Crippen MR) is 101 cm³/mol. The Hall–Kier alpha value is -4.23. The summed E-state index contributed by atoms with van der Waals surface area (Å²) in [6.07, 6.45) is 5.10. The van der Waals surface area contributed by atoms with Crippen molar-refractivity contribution in [2.24, 2.45) is 0 Å². The first-order valence-corrected chi connectivity index (χ1v) is 8.67. The van der Waals surface area contributed by atoms with Crippen LogP contribution in [0, 0.1) is 29.0 Å². The number of pyridine rings is 2. The molecule has 4 rings (SSSR count). The maximum Gasteiger partial charge on any atom is 0.408 e. The molecule has 1 N–H and O–H groups in total. The molecular weight excluding hydrogens is 371 g/mol. The summed E-state index contributed by atoms with van der Waals surface area (Å²) in [4.78, 5) is 20.0. The summed E-state index contributed by atoms with van der Waals surface area (Å²) < 4.78 is 18.6. The lowest BCUT2D eigenvalue weighted by molar-refractivity contribution is 0.132. The van der Waals surface area contributed by atoms with Crippen LogP contribution in [0.25, 0.3) is 0 Å². The van der Waals surface area contributed by atoms with Gasteiger partial charge in [-0.15, -0.1) is 0 Å². The van der Waals surface area contributed by atoms with Gasteiger partial charge in [-0.3, -0.25) is 9.97 Å². The zero-order valence-corrected chi connectivity index (χ0v) is 15.0. The lowest BCUT2D eigenvalue weighted by Crippen LogP contribution is -2.19. The van der Waals surface area contributed by atoms with Crippen LogP contribution in [0.1, 0.15) is 40.0 Å². The van der Waals surface area contributed by atoms with E-state index in [1.54, 1.807) is 42.9 Å². The first-order chi connectivity index (χ1) is 14.1. The lowest BCUT2D eigenvalue weighted by atomic mass is 9.97. The van der Waals surface area contributed by atoms with Crippen molar-refractivity contribution >= 4 is 6.09 Å². The number of nitriles is 1. The maximum absolute atomic E-state index is 13.2. The van der Waals surface area contributed by atoms with Gasteiger partial charge in [0.1, 0.15) is 17.9 Å². The minimum atomic E-state index is -0.607. The number of amides is 1. The first-order valence-electron chi connectivity index (χ1n) is 8.67. The second-order valence-electron chi connectivity index (χ2n) is 6.33. The third-order valence-electron chi connectivity index (χ3n) is 4.35. The van der Waals surface area contributed by atoms with Gasteiger partial charge < -0.3 is 10.1 Å². The summed E-state index contributed by atoms with van der Waals surface area (Å²) in [6, 6.07) is 10.8. The van der Waals surface area contributed by atoms with Gasteiger partial charge in [-0.25, -0.2) is 9.18 Å². The van der Waals surface area contributed by atoms with Crippen molar-refractivity contribution in [1.82, 2.24) is 15.3 Å². The highest BCUT2D eigenvalue weighted by Gasteiger charge is 2.36. The number of carbonyl (C=O) groups excluding carboxylic acids is 1. The Morgan fingerprint density at radius 1 is 0.931 bits per heavy atom. The molecule has 0 spiro atoms. The number of rotatable bonds is 2. The molecule has 29 heavy (non-hydrogen) atoms. The summed E-state index contributed by atoms with van der Waals surface area (Å²) in [5.41, 5.74) is 3.04. The summed E-state index contributed by atoms with van der Waals surface area (Å²) in [5, 5.41) is 11.7. The van der Waals surface area contributed by atoms with E-state index in [1.165, 1.54) is 18.3 Å². The molecule has 1 aromatic carbocycles. The predicted octanol–water partition coefficient (Wildman–Crippen LogP) is 3.41. The Morgan fingerprint density at radius 2 is 1.59 bits per heavy atom. The van der Waals surface area contributed by atoms with Crippen LogP contribution in [-0.4, -0.2) is 16.1 Å². The maximum atomic E-state index is 13.2. The Bertz CT molecular complexity index is 1180. The number of ether oxygens (including phenoxy) is 1. The van der Waals surface area contributed by atoms with Crippen LogP contribution in [-0.2, 0) is 4.74 Å². The number of alkyl carbamates (subject to hydrolysis) is 1. The normalized spacial score (nSPS) is 17.4. The van der Waals surface area contributed by atoms with Gasteiger partial charge in [0.25, 0.3) is 0 Å². The van der Waals surface area contributed by atoms with E-state index in [1.807, 2.05) is 6.07 Å². The molecule has 6 nitrogen and oxygen atoms in total. The van der Waals surface area contributed by atoms with Gasteiger partial charge in [-0.2, -0.15) is 5.26 Å². The minimum Gasteiger partial charge on any atom is -0.439 e. The van der Waals surface area contributed by atoms with Crippen molar-refractivity contribution in [3.63, 3.8) is 0 Å². The van der Waals surface area contributed by atoms with Crippen molar-refractivity contribution < 1.29 is 13.9 Å². The smallest absolute Gasteiger partial charge is 0.408 e. The average molecular weight is 384 g/mol. The Labute approximate surface area is 166 Å². The highest BCUT2D eigenvalue weighted by molar-refractivity contribution is 5.71. The molecule has 3 heterocycles. The van der Waals surface area contributed by atoms with Gasteiger partial charge in [-0.05, 0) is 35.4 Å². The molecular formula is C22H13FN4O2. The monoisotopic (exact) mass is 384 g/mol. The van der Waals surface area contributed by atoms with E-state index in [0.717, 1.165) is 0 Å². The number of benzene rings is 1. The fraction of sp³-hybridized carbons (Fsp3) is 0.0909. The SMILES string of the molecule is N#Cc1cncc(C#Cc2cncc([C@H]3NC(=O)O[C@@H]3c3ccc(F)cc3)c2)c1. The van der Waals surface area contributed by atoms with E-state index in [0.29, 0.717) is 27.8 Å². The molecule has 1 aliphatic rings. The molecule has 0 bridgehead atoms. The van der Waals surface area contributed by atoms with Crippen molar-refractivity contribution in [2.45, 2.75) is 12.1 Å². The third-order valence-corrected chi connectivity index (χ3v) is 4.35. The van der Waals surface area contributed by atoms with Crippen molar-refractivity contribution in [3.05, 3.63) is 94.8 Å². The van der Waals surface area contributed by atoms with E-state index in [4.69, 9.17) is 10.00 Å². The number of cyclic esters (lactones) is 1. The van der Waals surface area contributed by atoms with Gasteiger partial charge in [-0.1, -0.05) is 24.0 Å². The van der Waals surface area contributed by atoms with Gasteiger partial charge in [0.2, 0.25) is 0 Å². The molecule has 0 unspecified atom stereocenters. The second-order valence-corrected chi connectivity index (χ2v) is 6.33.